The molecule has 0 saturated heterocycles. The van der Waals surface area contributed by atoms with Gasteiger partial charge in [-0.1, -0.05) is 37.3 Å². The van der Waals surface area contributed by atoms with Crippen molar-refractivity contribution in [3.05, 3.63) is 54.1 Å². The summed E-state index contributed by atoms with van der Waals surface area (Å²) < 4.78 is 16.5. The molecule has 0 bridgehead atoms. The van der Waals surface area contributed by atoms with Gasteiger partial charge in [0.2, 0.25) is 0 Å². The van der Waals surface area contributed by atoms with Crippen molar-refractivity contribution in [3.8, 4) is 17.2 Å². The molecule has 0 spiro atoms. The van der Waals surface area contributed by atoms with Crippen LogP contribution in [0.25, 0.3) is 0 Å². The molecule has 1 atom stereocenters. The molecule has 0 aliphatic heterocycles. The maximum Gasteiger partial charge on any atom is 0.165 e. The van der Waals surface area contributed by atoms with Crippen LogP contribution in [0.3, 0.4) is 0 Å². The van der Waals surface area contributed by atoms with Crippen molar-refractivity contribution < 1.29 is 19.3 Å². The van der Waals surface area contributed by atoms with Crippen LogP contribution in [0.5, 0.6) is 17.2 Å². The largest absolute Gasteiger partial charge is 0.493 e. The molecule has 2 aromatic rings. The molecule has 0 amide bonds. The summed E-state index contributed by atoms with van der Waals surface area (Å²) in [4.78, 5) is 2.20. The number of ether oxygens (including phenoxy) is 3. The molecule has 2 aromatic carbocycles. The summed E-state index contributed by atoms with van der Waals surface area (Å²) in [7, 11) is 3.28. The predicted molar refractivity (Wildman–Crippen MR) is 103 cm³/mol. The fourth-order valence-corrected chi connectivity index (χ4v) is 2.93. The average Bonchev–Trinajstić information content (AvgIpc) is 2.67. The Labute approximate surface area is 156 Å². The van der Waals surface area contributed by atoms with E-state index in [-0.39, 0.29) is 6.61 Å². The molecule has 0 unspecified atom stereocenters. The zero-order valence-electron chi connectivity index (χ0n) is 15.9. The van der Waals surface area contributed by atoms with Crippen molar-refractivity contribution in [3.63, 3.8) is 0 Å². The Morgan fingerprint density at radius 2 is 1.77 bits per heavy atom. The van der Waals surface area contributed by atoms with Gasteiger partial charge < -0.3 is 19.3 Å². The molecular formula is C21H29NO4. The van der Waals surface area contributed by atoms with E-state index in [9.17, 15) is 5.11 Å². The minimum Gasteiger partial charge on any atom is -0.493 e. The first-order valence-corrected chi connectivity index (χ1v) is 8.96. The first-order valence-electron chi connectivity index (χ1n) is 8.96. The lowest BCUT2D eigenvalue weighted by Gasteiger charge is -2.26. The quantitative estimate of drug-likeness (QED) is 0.667. The third-order valence-electron chi connectivity index (χ3n) is 4.07. The highest BCUT2D eigenvalue weighted by atomic mass is 16.5. The van der Waals surface area contributed by atoms with Gasteiger partial charge >= 0.3 is 0 Å². The standard InChI is InChI=1S/C21H29NO4/c1-4-13-22(14-17-9-8-12-20(24-2)21(17)25-3)15-18(23)16-26-19-10-6-5-7-11-19/h5-12,18,23H,4,13-16H2,1-3H3/t18-/m1/s1. The molecule has 2 rings (SSSR count). The van der Waals surface area contributed by atoms with Gasteiger partial charge in [-0.2, -0.15) is 0 Å². The third kappa shape index (κ3) is 5.93. The van der Waals surface area contributed by atoms with Crippen LogP contribution in [0.2, 0.25) is 0 Å². The van der Waals surface area contributed by atoms with E-state index >= 15 is 0 Å². The second-order valence-corrected chi connectivity index (χ2v) is 6.17. The third-order valence-corrected chi connectivity index (χ3v) is 4.07. The Morgan fingerprint density at radius 3 is 2.42 bits per heavy atom. The van der Waals surface area contributed by atoms with E-state index in [1.54, 1.807) is 14.2 Å². The monoisotopic (exact) mass is 359 g/mol. The number of para-hydroxylation sites is 2. The molecule has 26 heavy (non-hydrogen) atoms. The summed E-state index contributed by atoms with van der Waals surface area (Å²) in [5, 5.41) is 10.4. The van der Waals surface area contributed by atoms with E-state index in [0.717, 1.165) is 35.8 Å². The number of aliphatic hydroxyl groups excluding tert-OH is 1. The molecule has 5 heteroatoms. The van der Waals surface area contributed by atoms with E-state index in [0.29, 0.717) is 13.1 Å². The van der Waals surface area contributed by atoms with Gasteiger partial charge in [0, 0.05) is 18.7 Å². The lowest BCUT2D eigenvalue weighted by Crippen LogP contribution is -2.36. The van der Waals surface area contributed by atoms with E-state index < -0.39 is 6.10 Å². The number of nitrogens with zero attached hydrogens (tertiary/aromatic N) is 1. The lowest BCUT2D eigenvalue weighted by atomic mass is 10.1. The van der Waals surface area contributed by atoms with Gasteiger partial charge in [-0.05, 0) is 31.2 Å². The van der Waals surface area contributed by atoms with Crippen LogP contribution in [-0.2, 0) is 6.54 Å². The van der Waals surface area contributed by atoms with Crippen molar-refractivity contribution in [2.45, 2.75) is 26.0 Å². The van der Waals surface area contributed by atoms with E-state index in [1.165, 1.54) is 0 Å². The maximum absolute atomic E-state index is 10.4. The van der Waals surface area contributed by atoms with Crippen molar-refractivity contribution in [2.75, 3.05) is 33.9 Å². The summed E-state index contributed by atoms with van der Waals surface area (Å²) in [5.74, 6) is 2.23. The predicted octanol–water partition coefficient (Wildman–Crippen LogP) is 3.36. The Hall–Kier alpha value is -2.24. The molecule has 0 aliphatic rings. The number of aliphatic hydroxyl groups is 1. The molecule has 0 aliphatic carbocycles. The zero-order valence-corrected chi connectivity index (χ0v) is 15.9. The van der Waals surface area contributed by atoms with E-state index in [4.69, 9.17) is 14.2 Å². The Bertz CT molecular complexity index is 648. The molecule has 0 radical (unpaired) electrons. The lowest BCUT2D eigenvalue weighted by molar-refractivity contribution is 0.0653. The highest BCUT2D eigenvalue weighted by Crippen LogP contribution is 2.31. The number of hydrogen-bond acceptors (Lipinski definition) is 5. The number of hydrogen-bond donors (Lipinski definition) is 1. The van der Waals surface area contributed by atoms with Crippen molar-refractivity contribution in [2.24, 2.45) is 0 Å². The molecule has 1 N–H and O–H groups in total. The number of benzene rings is 2. The van der Waals surface area contributed by atoms with E-state index in [2.05, 4.69) is 11.8 Å². The van der Waals surface area contributed by atoms with Gasteiger partial charge in [0.1, 0.15) is 18.5 Å². The van der Waals surface area contributed by atoms with Gasteiger partial charge in [-0.3, -0.25) is 4.90 Å². The molecule has 0 saturated carbocycles. The first-order chi connectivity index (χ1) is 12.7. The molecular weight excluding hydrogens is 330 g/mol. The molecule has 142 valence electrons. The summed E-state index contributed by atoms with van der Waals surface area (Å²) in [5.41, 5.74) is 1.04. The van der Waals surface area contributed by atoms with Crippen LogP contribution in [0, 0.1) is 0 Å². The minimum absolute atomic E-state index is 0.263. The molecule has 5 nitrogen and oxygen atoms in total. The Kier molecular flexibility index (Phi) is 8.25. The fraction of sp³-hybridized carbons (Fsp3) is 0.429. The number of rotatable bonds is 11. The zero-order chi connectivity index (χ0) is 18.8. The van der Waals surface area contributed by atoms with Crippen LogP contribution < -0.4 is 14.2 Å². The first kappa shape index (κ1) is 20.1. The highest BCUT2D eigenvalue weighted by molar-refractivity contribution is 5.46. The fourth-order valence-electron chi connectivity index (χ4n) is 2.93. The van der Waals surface area contributed by atoms with Crippen LogP contribution in [0.4, 0.5) is 0 Å². The molecule has 0 aromatic heterocycles. The van der Waals surface area contributed by atoms with Crippen LogP contribution in [-0.4, -0.2) is 50.0 Å². The van der Waals surface area contributed by atoms with Crippen LogP contribution in [0.1, 0.15) is 18.9 Å². The smallest absolute Gasteiger partial charge is 0.165 e. The van der Waals surface area contributed by atoms with Crippen molar-refractivity contribution in [1.82, 2.24) is 4.90 Å². The SMILES string of the molecule is CCCN(Cc1cccc(OC)c1OC)C[C@@H](O)COc1ccccc1. The number of methoxy groups -OCH3 is 2. The maximum atomic E-state index is 10.4. The van der Waals surface area contributed by atoms with Gasteiger partial charge in [-0.15, -0.1) is 0 Å². The van der Waals surface area contributed by atoms with Crippen molar-refractivity contribution >= 4 is 0 Å². The van der Waals surface area contributed by atoms with E-state index in [1.807, 2.05) is 48.5 Å². The van der Waals surface area contributed by atoms with Crippen LogP contribution in [0.15, 0.2) is 48.5 Å². The van der Waals surface area contributed by atoms with Gasteiger partial charge in [0.05, 0.1) is 14.2 Å². The highest BCUT2D eigenvalue weighted by Gasteiger charge is 2.16. The van der Waals surface area contributed by atoms with Crippen LogP contribution >= 0.6 is 0 Å². The second kappa shape index (κ2) is 10.7. The Balaban J connectivity index is 1.98. The van der Waals surface area contributed by atoms with Gasteiger partial charge in [0.25, 0.3) is 0 Å². The Morgan fingerprint density at radius 1 is 1.00 bits per heavy atom. The van der Waals surface area contributed by atoms with Gasteiger partial charge in [0.15, 0.2) is 11.5 Å². The average molecular weight is 359 g/mol. The summed E-state index contributed by atoms with van der Waals surface area (Å²) in [6.45, 7) is 4.47. The van der Waals surface area contributed by atoms with Gasteiger partial charge in [-0.25, -0.2) is 0 Å². The van der Waals surface area contributed by atoms with Crippen molar-refractivity contribution in [1.29, 1.82) is 0 Å². The minimum atomic E-state index is -0.571. The topological polar surface area (TPSA) is 51.2 Å². The summed E-state index contributed by atoms with van der Waals surface area (Å²) in [6, 6.07) is 15.4. The second-order valence-electron chi connectivity index (χ2n) is 6.17. The summed E-state index contributed by atoms with van der Waals surface area (Å²) >= 11 is 0. The molecule has 0 fully saturated rings. The summed E-state index contributed by atoms with van der Waals surface area (Å²) in [6.07, 6.45) is 0.428. The normalized spacial score (nSPS) is 12.0. The molecule has 0 heterocycles.